The quantitative estimate of drug-likeness (QED) is 0.335. The summed E-state index contributed by atoms with van der Waals surface area (Å²) in [6.45, 7) is 3.80. The number of nitrogens with one attached hydrogen (secondary N) is 3. The monoisotopic (exact) mass is 444 g/mol. The lowest BCUT2D eigenvalue weighted by atomic mass is 9.97. The number of pyridine rings is 1. The van der Waals surface area contributed by atoms with E-state index in [4.69, 9.17) is 0 Å². The van der Waals surface area contributed by atoms with Gasteiger partial charge in [0.2, 0.25) is 11.8 Å². The number of aliphatic hydroxyl groups excluding tert-OH is 1. The van der Waals surface area contributed by atoms with Gasteiger partial charge in [0, 0.05) is 30.7 Å². The fourth-order valence-corrected chi connectivity index (χ4v) is 3.85. The molecular formula is C26H28N4O3. The Hall–Kier alpha value is -3.71. The van der Waals surface area contributed by atoms with Crippen LogP contribution in [0.25, 0.3) is 21.8 Å². The summed E-state index contributed by atoms with van der Waals surface area (Å²) >= 11 is 0. The van der Waals surface area contributed by atoms with Gasteiger partial charge < -0.3 is 20.7 Å². The number of nitrogens with zero attached hydrogens (tertiary/aromatic N) is 1. The predicted molar refractivity (Wildman–Crippen MR) is 128 cm³/mol. The Morgan fingerprint density at radius 3 is 2.64 bits per heavy atom. The lowest BCUT2D eigenvalue weighted by molar-refractivity contribution is -0.135. The summed E-state index contributed by atoms with van der Waals surface area (Å²) in [7, 11) is 0. The first-order valence-electron chi connectivity index (χ1n) is 11.1. The standard InChI is InChI=1S/C26H28N4O3/c1-16(2)23(31)26(33)30-22(13-19-8-5-7-18-6-3-4-9-21(18)19)25(32)29-15-17-12-20-10-11-27-24(20)28-14-17/h3-12,14,16,22-23,31H,13,15H2,1-2H3,(H,27,28)(H,29,32)(H,30,33)/t22-,23?/m0/s1. The highest BCUT2D eigenvalue weighted by Gasteiger charge is 2.26. The van der Waals surface area contributed by atoms with Crippen LogP contribution in [0.2, 0.25) is 0 Å². The van der Waals surface area contributed by atoms with E-state index in [1.54, 1.807) is 20.0 Å². The topological polar surface area (TPSA) is 107 Å². The van der Waals surface area contributed by atoms with Crippen LogP contribution in [0.3, 0.4) is 0 Å². The number of H-pyrrole nitrogens is 1. The van der Waals surface area contributed by atoms with Gasteiger partial charge in [0.25, 0.3) is 0 Å². The zero-order valence-corrected chi connectivity index (χ0v) is 18.7. The van der Waals surface area contributed by atoms with Gasteiger partial charge in [0.15, 0.2) is 0 Å². The molecule has 4 aromatic rings. The number of carbonyl (C=O) groups excluding carboxylic acids is 2. The number of aromatic amines is 1. The highest BCUT2D eigenvalue weighted by Crippen LogP contribution is 2.20. The van der Waals surface area contributed by atoms with Crippen molar-refractivity contribution in [3.63, 3.8) is 0 Å². The SMILES string of the molecule is CC(C)C(O)C(=O)N[C@@H](Cc1cccc2ccccc12)C(=O)NCc1cnc2[nH]ccc2c1. The van der Waals surface area contributed by atoms with Crippen molar-refractivity contribution >= 4 is 33.6 Å². The van der Waals surface area contributed by atoms with Gasteiger partial charge in [-0.15, -0.1) is 0 Å². The molecule has 0 saturated carbocycles. The van der Waals surface area contributed by atoms with Crippen LogP contribution >= 0.6 is 0 Å². The summed E-state index contributed by atoms with van der Waals surface area (Å²) in [5, 5.41) is 18.9. The number of hydrogen-bond donors (Lipinski definition) is 4. The largest absolute Gasteiger partial charge is 0.383 e. The van der Waals surface area contributed by atoms with Crippen LogP contribution in [0.5, 0.6) is 0 Å². The molecule has 4 rings (SSSR count). The Morgan fingerprint density at radius 1 is 1.03 bits per heavy atom. The molecule has 2 heterocycles. The second-order valence-electron chi connectivity index (χ2n) is 8.57. The van der Waals surface area contributed by atoms with Crippen molar-refractivity contribution in [2.45, 2.75) is 39.0 Å². The van der Waals surface area contributed by atoms with Crippen LogP contribution in [-0.2, 0) is 22.6 Å². The second-order valence-corrected chi connectivity index (χ2v) is 8.57. The van der Waals surface area contributed by atoms with Crippen LogP contribution in [0.15, 0.2) is 67.0 Å². The zero-order chi connectivity index (χ0) is 23.4. The molecule has 0 aliphatic rings. The van der Waals surface area contributed by atoms with E-state index in [0.717, 1.165) is 32.9 Å². The molecule has 1 unspecified atom stereocenters. The first kappa shape index (κ1) is 22.5. The van der Waals surface area contributed by atoms with Crippen LogP contribution in [0.1, 0.15) is 25.0 Å². The molecule has 0 aliphatic heterocycles. The predicted octanol–water partition coefficient (Wildman–Crippen LogP) is 3.08. The molecule has 0 saturated heterocycles. The first-order chi connectivity index (χ1) is 15.9. The van der Waals surface area contributed by atoms with Gasteiger partial charge in [0.05, 0.1) is 0 Å². The molecule has 0 spiro atoms. The lowest BCUT2D eigenvalue weighted by Gasteiger charge is -2.22. The van der Waals surface area contributed by atoms with Gasteiger partial charge in [0.1, 0.15) is 17.8 Å². The summed E-state index contributed by atoms with van der Waals surface area (Å²) in [4.78, 5) is 33.1. The lowest BCUT2D eigenvalue weighted by Crippen LogP contribution is -2.51. The number of benzene rings is 2. The number of aliphatic hydroxyl groups is 1. The summed E-state index contributed by atoms with van der Waals surface area (Å²) < 4.78 is 0. The van der Waals surface area contributed by atoms with Gasteiger partial charge >= 0.3 is 0 Å². The van der Waals surface area contributed by atoms with Gasteiger partial charge in [-0.1, -0.05) is 56.3 Å². The Labute approximate surface area is 192 Å². The molecular weight excluding hydrogens is 416 g/mol. The van der Waals surface area contributed by atoms with Crippen molar-refractivity contribution < 1.29 is 14.7 Å². The Morgan fingerprint density at radius 2 is 1.82 bits per heavy atom. The highest BCUT2D eigenvalue weighted by atomic mass is 16.3. The summed E-state index contributed by atoms with van der Waals surface area (Å²) in [5.74, 6) is -1.13. The molecule has 0 fully saturated rings. The number of amides is 2. The van der Waals surface area contributed by atoms with E-state index in [1.165, 1.54) is 0 Å². The van der Waals surface area contributed by atoms with E-state index < -0.39 is 18.1 Å². The van der Waals surface area contributed by atoms with Crippen molar-refractivity contribution in [1.29, 1.82) is 0 Å². The second kappa shape index (κ2) is 9.83. The molecule has 2 aromatic heterocycles. The van der Waals surface area contributed by atoms with Crippen molar-refractivity contribution in [2.75, 3.05) is 0 Å². The zero-order valence-electron chi connectivity index (χ0n) is 18.7. The summed E-state index contributed by atoms with van der Waals surface area (Å²) in [5.41, 5.74) is 2.59. The maximum Gasteiger partial charge on any atom is 0.249 e. The van der Waals surface area contributed by atoms with E-state index >= 15 is 0 Å². The van der Waals surface area contributed by atoms with Crippen LogP contribution in [0.4, 0.5) is 0 Å². The molecule has 2 amide bonds. The summed E-state index contributed by atoms with van der Waals surface area (Å²) in [6, 6.07) is 16.9. The van der Waals surface area contributed by atoms with Crippen molar-refractivity contribution in [2.24, 2.45) is 5.92 Å². The molecule has 2 aromatic carbocycles. The van der Waals surface area contributed by atoms with E-state index in [0.29, 0.717) is 6.42 Å². The molecule has 2 atom stereocenters. The van der Waals surface area contributed by atoms with Gasteiger partial charge in [-0.05, 0) is 39.9 Å². The average Bonchev–Trinajstić information content (AvgIpc) is 3.29. The van der Waals surface area contributed by atoms with Gasteiger partial charge in [-0.2, -0.15) is 0 Å². The molecule has 4 N–H and O–H groups in total. The fourth-order valence-electron chi connectivity index (χ4n) is 3.85. The van der Waals surface area contributed by atoms with Crippen LogP contribution in [-0.4, -0.2) is 39.0 Å². The molecule has 7 heteroatoms. The Balaban J connectivity index is 1.54. The third kappa shape index (κ3) is 5.21. The maximum atomic E-state index is 13.2. The number of aromatic nitrogens is 2. The molecule has 33 heavy (non-hydrogen) atoms. The fraction of sp³-hybridized carbons (Fsp3) is 0.269. The molecule has 0 aliphatic carbocycles. The first-order valence-corrected chi connectivity index (χ1v) is 11.1. The van der Waals surface area contributed by atoms with Crippen LogP contribution < -0.4 is 10.6 Å². The highest BCUT2D eigenvalue weighted by molar-refractivity contribution is 5.91. The van der Waals surface area contributed by atoms with E-state index in [2.05, 4.69) is 20.6 Å². The van der Waals surface area contributed by atoms with E-state index in [1.807, 2.05) is 60.8 Å². The third-order valence-corrected chi connectivity index (χ3v) is 5.76. The van der Waals surface area contributed by atoms with Crippen molar-refractivity contribution in [3.05, 3.63) is 78.1 Å². The van der Waals surface area contributed by atoms with Crippen molar-refractivity contribution in [1.82, 2.24) is 20.6 Å². The Bertz CT molecular complexity index is 1280. The minimum absolute atomic E-state index is 0.259. The number of fused-ring (bicyclic) bond motifs is 2. The number of carbonyl (C=O) groups is 2. The molecule has 0 radical (unpaired) electrons. The van der Waals surface area contributed by atoms with E-state index in [9.17, 15) is 14.7 Å². The molecule has 0 bridgehead atoms. The minimum atomic E-state index is -1.19. The van der Waals surface area contributed by atoms with Crippen molar-refractivity contribution in [3.8, 4) is 0 Å². The third-order valence-electron chi connectivity index (χ3n) is 5.76. The number of hydrogen-bond acceptors (Lipinski definition) is 4. The molecule has 170 valence electrons. The summed E-state index contributed by atoms with van der Waals surface area (Å²) in [6.07, 6.45) is 2.64. The normalized spacial score (nSPS) is 13.2. The average molecular weight is 445 g/mol. The molecule has 7 nitrogen and oxygen atoms in total. The Kier molecular flexibility index (Phi) is 6.70. The smallest absolute Gasteiger partial charge is 0.249 e. The van der Waals surface area contributed by atoms with Crippen LogP contribution in [0, 0.1) is 5.92 Å². The maximum absolute atomic E-state index is 13.2. The number of rotatable bonds is 8. The van der Waals surface area contributed by atoms with E-state index in [-0.39, 0.29) is 18.4 Å². The minimum Gasteiger partial charge on any atom is -0.383 e. The van der Waals surface area contributed by atoms with Gasteiger partial charge in [-0.25, -0.2) is 4.98 Å². The van der Waals surface area contributed by atoms with Gasteiger partial charge in [-0.3, -0.25) is 9.59 Å².